The number of nitrogens with zero attached hydrogens (tertiary/aromatic N) is 3. The third kappa shape index (κ3) is 5.11. The molecule has 0 saturated heterocycles. The Balaban J connectivity index is 1.60. The molecular weight excluding hydrogens is 476 g/mol. The van der Waals surface area contributed by atoms with Crippen LogP contribution in [0, 0.1) is 11.6 Å². The van der Waals surface area contributed by atoms with Crippen molar-refractivity contribution in [3.63, 3.8) is 0 Å². The molecule has 6 nitrogen and oxygen atoms in total. The molecule has 2 fully saturated rings. The van der Waals surface area contributed by atoms with Gasteiger partial charge in [0.15, 0.2) is 11.6 Å². The Bertz CT molecular complexity index is 1280. The van der Waals surface area contributed by atoms with E-state index >= 15 is 0 Å². The van der Waals surface area contributed by atoms with Gasteiger partial charge in [0, 0.05) is 29.8 Å². The van der Waals surface area contributed by atoms with E-state index < -0.39 is 17.6 Å². The van der Waals surface area contributed by atoms with E-state index in [1.54, 1.807) is 28.8 Å². The lowest BCUT2D eigenvalue weighted by atomic mass is 9.88. The first-order valence-electron chi connectivity index (χ1n) is 13.3. The number of hydrogen-bond acceptors (Lipinski definition) is 4. The van der Waals surface area contributed by atoms with E-state index in [0.29, 0.717) is 16.9 Å². The zero-order valence-corrected chi connectivity index (χ0v) is 21.2. The van der Waals surface area contributed by atoms with E-state index in [2.05, 4.69) is 9.88 Å². The van der Waals surface area contributed by atoms with E-state index in [0.717, 1.165) is 63.5 Å². The van der Waals surface area contributed by atoms with Crippen LogP contribution < -0.4 is 0 Å². The molecule has 1 heterocycles. The quantitative estimate of drug-likeness (QED) is 0.368. The lowest BCUT2D eigenvalue weighted by Gasteiger charge is -2.42. The molecule has 0 atom stereocenters. The zero-order valence-electron chi connectivity index (χ0n) is 21.2. The number of rotatable bonds is 6. The van der Waals surface area contributed by atoms with Gasteiger partial charge in [-0.3, -0.25) is 4.79 Å². The average molecular weight is 510 g/mol. The molecule has 5 rings (SSSR count). The first kappa shape index (κ1) is 25.4. The Kier molecular flexibility index (Phi) is 7.53. The molecule has 3 aromatic rings. The Labute approximate surface area is 215 Å². The van der Waals surface area contributed by atoms with Gasteiger partial charge in [-0.15, -0.1) is 0 Å². The fourth-order valence-electron chi connectivity index (χ4n) is 6.09. The number of amides is 1. The SMILES string of the molecule is COC(=O)c1ccccc1-c1nc2cc(F)c(F)cc2n1CC(=O)N(C1CCCCC1)C1CCCCC1. The number of carbonyl (C=O) groups excluding carboxylic acids is 2. The van der Waals surface area contributed by atoms with Gasteiger partial charge >= 0.3 is 5.97 Å². The van der Waals surface area contributed by atoms with Crippen molar-refractivity contribution >= 4 is 22.9 Å². The molecule has 37 heavy (non-hydrogen) atoms. The van der Waals surface area contributed by atoms with Crippen LogP contribution >= 0.6 is 0 Å². The Morgan fingerprint density at radius 1 is 0.946 bits per heavy atom. The lowest BCUT2D eigenvalue weighted by molar-refractivity contribution is -0.138. The van der Waals surface area contributed by atoms with E-state index in [-0.39, 0.29) is 35.6 Å². The maximum Gasteiger partial charge on any atom is 0.338 e. The van der Waals surface area contributed by atoms with Crippen LogP contribution in [-0.4, -0.2) is 45.5 Å². The summed E-state index contributed by atoms with van der Waals surface area (Å²) < 4.78 is 35.1. The van der Waals surface area contributed by atoms with Crippen molar-refractivity contribution in [3.05, 3.63) is 53.6 Å². The molecule has 8 heteroatoms. The summed E-state index contributed by atoms with van der Waals surface area (Å²) in [5.74, 6) is -2.31. The van der Waals surface area contributed by atoms with Crippen molar-refractivity contribution in [1.82, 2.24) is 14.5 Å². The van der Waals surface area contributed by atoms with Crippen molar-refractivity contribution in [2.24, 2.45) is 0 Å². The van der Waals surface area contributed by atoms with Crippen LogP contribution in [0.25, 0.3) is 22.4 Å². The monoisotopic (exact) mass is 509 g/mol. The Morgan fingerprint density at radius 3 is 2.16 bits per heavy atom. The number of benzene rings is 2. The molecule has 1 aromatic heterocycles. The molecule has 0 spiro atoms. The third-order valence-corrected chi connectivity index (χ3v) is 7.88. The molecule has 196 valence electrons. The second kappa shape index (κ2) is 11.0. The fraction of sp³-hybridized carbons (Fsp3) is 0.483. The standard InChI is InChI=1S/C29H33F2N3O3/c1-37-29(36)22-15-9-8-14-21(22)28-32-25-16-23(30)24(31)17-26(25)33(28)18-27(35)34(19-10-4-2-5-11-19)20-12-6-3-7-13-20/h8-9,14-17,19-20H,2-7,10-13,18H2,1H3. The van der Waals surface area contributed by atoms with Gasteiger partial charge in [0.2, 0.25) is 5.91 Å². The van der Waals surface area contributed by atoms with Crippen molar-refractivity contribution in [2.75, 3.05) is 7.11 Å². The van der Waals surface area contributed by atoms with Crippen molar-refractivity contribution in [3.8, 4) is 11.4 Å². The maximum absolute atomic E-state index is 14.4. The summed E-state index contributed by atoms with van der Waals surface area (Å²) in [6, 6.07) is 9.30. The number of methoxy groups -OCH3 is 1. The van der Waals surface area contributed by atoms with Crippen molar-refractivity contribution in [2.45, 2.75) is 82.8 Å². The van der Waals surface area contributed by atoms with Crippen LogP contribution in [0.1, 0.15) is 74.6 Å². The Morgan fingerprint density at radius 2 is 1.54 bits per heavy atom. The molecule has 0 bridgehead atoms. The van der Waals surface area contributed by atoms with Gasteiger partial charge in [-0.25, -0.2) is 18.6 Å². The molecule has 2 aliphatic rings. The molecule has 0 unspecified atom stereocenters. The van der Waals surface area contributed by atoms with E-state index in [9.17, 15) is 18.4 Å². The minimum atomic E-state index is -1.01. The third-order valence-electron chi connectivity index (χ3n) is 7.88. The molecule has 2 aromatic carbocycles. The number of fused-ring (bicyclic) bond motifs is 1. The van der Waals surface area contributed by atoms with Crippen LogP contribution in [-0.2, 0) is 16.1 Å². The maximum atomic E-state index is 14.4. The van der Waals surface area contributed by atoms with Gasteiger partial charge < -0.3 is 14.2 Å². The normalized spacial score (nSPS) is 17.2. The van der Waals surface area contributed by atoms with Gasteiger partial charge in [0.05, 0.1) is 23.7 Å². The summed E-state index contributed by atoms with van der Waals surface area (Å²) in [5.41, 5.74) is 1.25. The minimum absolute atomic E-state index is 0.0420. The summed E-state index contributed by atoms with van der Waals surface area (Å²) >= 11 is 0. The molecule has 0 N–H and O–H groups in total. The summed E-state index contributed by atoms with van der Waals surface area (Å²) in [7, 11) is 1.29. The molecule has 2 aliphatic carbocycles. The van der Waals surface area contributed by atoms with Gasteiger partial charge in [-0.2, -0.15) is 0 Å². The van der Waals surface area contributed by atoms with Crippen LogP contribution in [0.4, 0.5) is 8.78 Å². The summed E-state index contributed by atoms with van der Waals surface area (Å²) in [5, 5.41) is 0. The van der Waals surface area contributed by atoms with Gasteiger partial charge in [-0.05, 0) is 31.7 Å². The second-order valence-corrected chi connectivity index (χ2v) is 10.2. The van der Waals surface area contributed by atoms with Gasteiger partial charge in [-0.1, -0.05) is 56.7 Å². The summed E-state index contributed by atoms with van der Waals surface area (Å²) in [6.45, 7) is -0.0700. The highest BCUT2D eigenvalue weighted by molar-refractivity contribution is 5.97. The largest absolute Gasteiger partial charge is 0.465 e. The molecule has 1 amide bonds. The number of hydrogen-bond donors (Lipinski definition) is 0. The number of carbonyl (C=O) groups is 2. The van der Waals surface area contributed by atoms with Gasteiger partial charge in [0.1, 0.15) is 12.4 Å². The summed E-state index contributed by atoms with van der Waals surface area (Å²) in [6.07, 6.45) is 10.8. The molecule has 2 saturated carbocycles. The topological polar surface area (TPSA) is 64.4 Å². The fourth-order valence-corrected chi connectivity index (χ4v) is 6.09. The average Bonchev–Trinajstić information content (AvgIpc) is 3.26. The smallest absolute Gasteiger partial charge is 0.338 e. The molecule has 0 radical (unpaired) electrons. The summed E-state index contributed by atoms with van der Waals surface area (Å²) in [4.78, 5) is 33.3. The van der Waals surface area contributed by atoms with E-state index in [1.807, 2.05) is 0 Å². The zero-order chi connectivity index (χ0) is 25.9. The highest BCUT2D eigenvalue weighted by Gasteiger charge is 2.33. The first-order chi connectivity index (χ1) is 18.0. The second-order valence-electron chi connectivity index (χ2n) is 10.2. The van der Waals surface area contributed by atoms with Crippen LogP contribution in [0.2, 0.25) is 0 Å². The predicted molar refractivity (Wildman–Crippen MR) is 137 cm³/mol. The number of ether oxygens (including phenoxy) is 1. The first-order valence-corrected chi connectivity index (χ1v) is 13.3. The van der Waals surface area contributed by atoms with Crippen molar-refractivity contribution in [1.29, 1.82) is 0 Å². The molecular formula is C29H33F2N3O3. The number of imidazole rings is 1. The van der Waals surface area contributed by atoms with Gasteiger partial charge in [0.25, 0.3) is 0 Å². The number of esters is 1. The van der Waals surface area contributed by atoms with E-state index in [4.69, 9.17) is 4.74 Å². The van der Waals surface area contributed by atoms with Crippen LogP contribution in [0.15, 0.2) is 36.4 Å². The van der Waals surface area contributed by atoms with Crippen LogP contribution in [0.3, 0.4) is 0 Å². The minimum Gasteiger partial charge on any atom is -0.465 e. The van der Waals surface area contributed by atoms with Crippen LogP contribution in [0.5, 0.6) is 0 Å². The molecule has 0 aliphatic heterocycles. The lowest BCUT2D eigenvalue weighted by Crippen LogP contribution is -2.50. The van der Waals surface area contributed by atoms with Crippen molar-refractivity contribution < 1.29 is 23.1 Å². The van der Waals surface area contributed by atoms with E-state index in [1.165, 1.54) is 20.0 Å². The highest BCUT2D eigenvalue weighted by Crippen LogP contribution is 2.33. The number of halogens is 2. The highest BCUT2D eigenvalue weighted by atomic mass is 19.2. The number of aromatic nitrogens is 2. The predicted octanol–water partition coefficient (Wildman–Crippen LogP) is 6.26. The Hall–Kier alpha value is -3.29.